The Morgan fingerprint density at radius 1 is 1.33 bits per heavy atom. The number of nitrogens with two attached hydrogens (primary N) is 2. The van der Waals surface area contributed by atoms with Gasteiger partial charge in [0.2, 0.25) is 0 Å². The van der Waals surface area contributed by atoms with Crippen LogP contribution in [0.4, 0.5) is 10.5 Å². The summed E-state index contributed by atoms with van der Waals surface area (Å²) in [6.07, 6.45) is 0. The van der Waals surface area contributed by atoms with Gasteiger partial charge in [-0.3, -0.25) is 0 Å². The van der Waals surface area contributed by atoms with Crippen LogP contribution < -0.4 is 16.2 Å². The van der Waals surface area contributed by atoms with E-state index in [1.807, 2.05) is 0 Å². The Kier molecular flexibility index (Phi) is 3.76. The van der Waals surface area contributed by atoms with E-state index in [9.17, 15) is 18.0 Å². The molecule has 0 aliphatic carbocycles. The number of carbonyl (C=O) groups excluding carboxylic acids is 2. The second-order valence-corrected chi connectivity index (χ2v) is 4.87. The molecule has 98 valence electrons. The summed E-state index contributed by atoms with van der Waals surface area (Å²) in [5.41, 5.74) is 10.1. The molecule has 18 heavy (non-hydrogen) atoms. The van der Waals surface area contributed by atoms with E-state index in [0.29, 0.717) is 0 Å². The van der Waals surface area contributed by atoms with Crippen molar-refractivity contribution in [1.82, 2.24) is 4.72 Å². The molecule has 0 atom stereocenters. The molecule has 0 spiro atoms. The molecule has 2 amide bonds. The van der Waals surface area contributed by atoms with Crippen LogP contribution in [0.5, 0.6) is 0 Å². The Morgan fingerprint density at radius 2 is 1.94 bits per heavy atom. The number of rotatable bonds is 3. The van der Waals surface area contributed by atoms with Gasteiger partial charge < -0.3 is 16.2 Å². The molecule has 0 saturated carbocycles. The van der Waals surface area contributed by atoms with E-state index >= 15 is 0 Å². The second kappa shape index (κ2) is 4.92. The number of hydrogen-bond acceptors (Lipinski definition) is 6. The lowest BCUT2D eigenvalue weighted by Crippen LogP contribution is -2.35. The van der Waals surface area contributed by atoms with Gasteiger partial charge in [0, 0.05) is 5.69 Å². The Hall–Kier alpha value is -2.29. The van der Waals surface area contributed by atoms with Crippen molar-refractivity contribution in [3.63, 3.8) is 0 Å². The first-order chi connectivity index (χ1) is 8.27. The third kappa shape index (κ3) is 2.88. The number of urea groups is 1. The summed E-state index contributed by atoms with van der Waals surface area (Å²) < 4.78 is 29.4. The van der Waals surface area contributed by atoms with E-state index in [1.165, 1.54) is 10.8 Å². The van der Waals surface area contributed by atoms with E-state index in [4.69, 9.17) is 11.5 Å². The number of amides is 2. The molecule has 0 unspecified atom stereocenters. The molecule has 0 saturated heterocycles. The van der Waals surface area contributed by atoms with Crippen LogP contribution in [0.3, 0.4) is 0 Å². The number of anilines is 1. The fourth-order valence-corrected chi connectivity index (χ4v) is 2.29. The van der Waals surface area contributed by atoms with Gasteiger partial charge in [-0.2, -0.15) is 0 Å². The zero-order valence-corrected chi connectivity index (χ0v) is 10.2. The molecule has 0 aromatic heterocycles. The summed E-state index contributed by atoms with van der Waals surface area (Å²) in [5, 5.41) is 0. The number of ether oxygens (including phenoxy) is 1. The van der Waals surface area contributed by atoms with Crippen LogP contribution >= 0.6 is 0 Å². The summed E-state index contributed by atoms with van der Waals surface area (Å²) in [7, 11) is -3.16. The average Bonchev–Trinajstić information content (AvgIpc) is 2.25. The smallest absolute Gasteiger partial charge is 0.339 e. The van der Waals surface area contributed by atoms with Gasteiger partial charge in [-0.05, 0) is 18.2 Å². The highest BCUT2D eigenvalue weighted by Gasteiger charge is 2.24. The lowest BCUT2D eigenvalue weighted by atomic mass is 10.2. The van der Waals surface area contributed by atoms with Crippen LogP contribution in [0.15, 0.2) is 23.1 Å². The fourth-order valence-electron chi connectivity index (χ4n) is 1.24. The largest absolute Gasteiger partial charge is 0.465 e. The van der Waals surface area contributed by atoms with Crippen LogP contribution in [-0.2, 0) is 14.8 Å². The van der Waals surface area contributed by atoms with Gasteiger partial charge >= 0.3 is 12.0 Å². The van der Waals surface area contributed by atoms with Gasteiger partial charge in [0.05, 0.1) is 12.7 Å². The van der Waals surface area contributed by atoms with Crippen LogP contribution in [0.2, 0.25) is 0 Å². The molecule has 8 nitrogen and oxygen atoms in total. The van der Waals surface area contributed by atoms with E-state index in [1.54, 1.807) is 0 Å². The number of carbonyl (C=O) groups is 2. The first-order valence-electron chi connectivity index (χ1n) is 4.58. The minimum Gasteiger partial charge on any atom is -0.465 e. The second-order valence-electron chi connectivity index (χ2n) is 3.22. The molecule has 9 heteroatoms. The van der Waals surface area contributed by atoms with Gasteiger partial charge in [-0.1, -0.05) is 0 Å². The van der Waals surface area contributed by atoms with Crippen molar-refractivity contribution in [2.75, 3.05) is 12.8 Å². The lowest BCUT2D eigenvalue weighted by molar-refractivity contribution is 0.0596. The lowest BCUT2D eigenvalue weighted by Gasteiger charge is -2.09. The fraction of sp³-hybridized carbons (Fsp3) is 0.111. The SMILES string of the molecule is COC(=O)c1cc(N)ccc1S(=O)(=O)NC(N)=O. The Balaban J connectivity index is 3.41. The third-order valence-electron chi connectivity index (χ3n) is 1.93. The zero-order chi connectivity index (χ0) is 13.9. The molecule has 1 aromatic carbocycles. The van der Waals surface area contributed by atoms with Crippen LogP contribution in [0, 0.1) is 0 Å². The van der Waals surface area contributed by atoms with Gasteiger partial charge in [0.1, 0.15) is 4.90 Å². The summed E-state index contributed by atoms with van der Waals surface area (Å²) >= 11 is 0. The molecule has 0 heterocycles. The highest BCUT2D eigenvalue weighted by atomic mass is 32.2. The van der Waals surface area contributed by atoms with Gasteiger partial charge in [-0.25, -0.2) is 22.7 Å². The predicted octanol–water partition coefficient (Wildman–Crippen LogP) is -0.588. The van der Waals surface area contributed by atoms with Crippen molar-refractivity contribution in [1.29, 1.82) is 0 Å². The highest BCUT2D eigenvalue weighted by molar-refractivity contribution is 7.90. The van der Waals surface area contributed by atoms with Crippen molar-refractivity contribution in [2.24, 2.45) is 5.73 Å². The van der Waals surface area contributed by atoms with E-state index in [0.717, 1.165) is 19.2 Å². The maximum Gasteiger partial charge on any atom is 0.339 e. The minimum atomic E-state index is -4.24. The molecule has 0 bridgehead atoms. The van der Waals surface area contributed by atoms with E-state index < -0.39 is 26.9 Å². The summed E-state index contributed by atoms with van der Waals surface area (Å²) in [4.78, 5) is 21.6. The molecule has 1 rings (SSSR count). The van der Waals surface area contributed by atoms with Gasteiger partial charge in [0.15, 0.2) is 0 Å². The normalized spacial score (nSPS) is 10.7. The zero-order valence-electron chi connectivity index (χ0n) is 9.34. The molecule has 0 aliphatic rings. The summed E-state index contributed by atoms with van der Waals surface area (Å²) in [6, 6.07) is 2.21. The van der Waals surface area contributed by atoms with Crippen LogP contribution in [-0.4, -0.2) is 27.5 Å². The van der Waals surface area contributed by atoms with E-state index in [-0.39, 0.29) is 11.3 Å². The van der Waals surface area contributed by atoms with E-state index in [2.05, 4.69) is 4.74 Å². The Bertz CT molecular complexity index is 596. The average molecular weight is 273 g/mol. The van der Waals surface area contributed by atoms with Crippen LogP contribution in [0.25, 0.3) is 0 Å². The maximum absolute atomic E-state index is 11.7. The maximum atomic E-state index is 11.7. The third-order valence-corrected chi connectivity index (χ3v) is 3.34. The molecule has 0 aliphatic heterocycles. The Labute approximate surface area is 103 Å². The molecule has 1 aromatic rings. The molecular weight excluding hydrogens is 262 g/mol. The summed E-state index contributed by atoms with van der Waals surface area (Å²) in [5.74, 6) is -0.896. The van der Waals surface area contributed by atoms with Gasteiger partial charge in [0.25, 0.3) is 10.0 Å². The Morgan fingerprint density at radius 3 is 2.44 bits per heavy atom. The number of nitrogens with one attached hydrogen (secondary N) is 1. The highest BCUT2D eigenvalue weighted by Crippen LogP contribution is 2.19. The topological polar surface area (TPSA) is 142 Å². The number of sulfonamides is 1. The van der Waals surface area contributed by atoms with Crippen molar-refractivity contribution in [3.05, 3.63) is 23.8 Å². The molecule has 5 N–H and O–H groups in total. The quantitative estimate of drug-likeness (QED) is 0.496. The van der Waals surface area contributed by atoms with Crippen molar-refractivity contribution >= 4 is 27.7 Å². The minimum absolute atomic E-state index is 0.174. The first kappa shape index (κ1) is 13.8. The molecule has 0 fully saturated rings. The number of hydrogen-bond donors (Lipinski definition) is 3. The first-order valence-corrected chi connectivity index (χ1v) is 6.06. The van der Waals surface area contributed by atoms with Crippen molar-refractivity contribution in [2.45, 2.75) is 4.90 Å². The monoisotopic (exact) mass is 273 g/mol. The number of methoxy groups -OCH3 is 1. The van der Waals surface area contributed by atoms with Gasteiger partial charge in [-0.15, -0.1) is 0 Å². The van der Waals surface area contributed by atoms with Crippen molar-refractivity contribution in [3.8, 4) is 0 Å². The number of esters is 1. The van der Waals surface area contributed by atoms with Crippen LogP contribution in [0.1, 0.15) is 10.4 Å². The standard InChI is InChI=1S/C9H11N3O5S/c1-17-8(13)6-4-5(10)2-3-7(6)18(15,16)12-9(11)14/h2-4H,10H2,1H3,(H3,11,12,14). The number of primary amides is 1. The number of benzene rings is 1. The summed E-state index contributed by atoms with van der Waals surface area (Å²) in [6.45, 7) is 0. The molecular formula is C9H11N3O5S. The predicted molar refractivity (Wildman–Crippen MR) is 62.1 cm³/mol. The van der Waals surface area contributed by atoms with Crippen molar-refractivity contribution < 1.29 is 22.7 Å². The number of nitrogen functional groups attached to an aromatic ring is 1. The molecule has 0 radical (unpaired) electrons.